The highest BCUT2D eigenvalue weighted by molar-refractivity contribution is 7.86. The molecule has 0 aromatic heterocycles. The van der Waals surface area contributed by atoms with Crippen LogP contribution in [0.3, 0.4) is 0 Å². The van der Waals surface area contributed by atoms with Crippen LogP contribution in [0.2, 0.25) is 0 Å². The molecule has 3 rings (SSSR count). The molecule has 0 aliphatic carbocycles. The van der Waals surface area contributed by atoms with Crippen LogP contribution in [0, 0.1) is 0 Å². The van der Waals surface area contributed by atoms with Crippen molar-refractivity contribution >= 4 is 20.9 Å². The number of alkyl halides is 2. The number of fused-ring (bicyclic) bond motifs is 1. The van der Waals surface area contributed by atoms with Crippen LogP contribution in [0.4, 0.5) is 8.78 Å². The summed E-state index contributed by atoms with van der Waals surface area (Å²) in [5.41, 5.74) is 1.64. The summed E-state index contributed by atoms with van der Waals surface area (Å²) in [7, 11) is -5.73. The third-order valence-corrected chi connectivity index (χ3v) is 4.47. The summed E-state index contributed by atoms with van der Waals surface area (Å²) in [4.78, 5) is 0. The molecule has 0 saturated carbocycles. The van der Waals surface area contributed by atoms with Crippen LogP contribution in [-0.2, 0) is 26.2 Å². The lowest BCUT2D eigenvalue weighted by molar-refractivity contribution is -0.0267. The van der Waals surface area contributed by atoms with Crippen molar-refractivity contribution in [1.29, 1.82) is 0 Å². The molecule has 0 amide bonds. The molecule has 1 unspecified atom stereocenters. The molecule has 0 bridgehead atoms. The van der Waals surface area contributed by atoms with Crippen LogP contribution < -0.4 is 0 Å². The van der Waals surface area contributed by atoms with E-state index in [4.69, 9.17) is 9.47 Å². The predicted molar refractivity (Wildman–Crippen MR) is 76.9 cm³/mol. The second kappa shape index (κ2) is 5.79. The standard InChI is InChI=1S/C15H14F2O5S/c16-15(17,23(18,19)20)9-21-7-10-5-6-13(14-8-22-14)12-4-2-1-3-11(10)12/h1-6,14H,7-9H2,(H,18,19,20)/p-1. The topological polar surface area (TPSA) is 79.0 Å². The molecule has 1 saturated heterocycles. The van der Waals surface area contributed by atoms with Crippen molar-refractivity contribution in [2.75, 3.05) is 13.2 Å². The van der Waals surface area contributed by atoms with Crippen LogP contribution in [0.15, 0.2) is 36.4 Å². The third-order valence-electron chi connectivity index (χ3n) is 3.62. The molecule has 5 nitrogen and oxygen atoms in total. The first-order chi connectivity index (χ1) is 10.8. The molecule has 1 aliphatic rings. The number of benzene rings is 2. The van der Waals surface area contributed by atoms with E-state index in [9.17, 15) is 21.8 Å². The fraction of sp³-hybridized carbons (Fsp3) is 0.333. The van der Waals surface area contributed by atoms with Gasteiger partial charge in [0.25, 0.3) is 0 Å². The Hall–Kier alpha value is -1.61. The number of ether oxygens (including phenoxy) is 2. The van der Waals surface area contributed by atoms with Gasteiger partial charge in [-0.1, -0.05) is 36.4 Å². The minimum Gasteiger partial charge on any atom is -0.743 e. The molecule has 23 heavy (non-hydrogen) atoms. The molecule has 0 N–H and O–H groups in total. The van der Waals surface area contributed by atoms with E-state index in [1.807, 2.05) is 24.3 Å². The fourth-order valence-electron chi connectivity index (χ4n) is 2.37. The smallest absolute Gasteiger partial charge is 0.357 e. The molecule has 1 heterocycles. The fourth-order valence-corrected chi connectivity index (χ4v) is 2.60. The lowest BCUT2D eigenvalue weighted by atomic mass is 9.98. The summed E-state index contributed by atoms with van der Waals surface area (Å²) in [5.74, 6) is 0. The Morgan fingerprint density at radius 1 is 1.22 bits per heavy atom. The van der Waals surface area contributed by atoms with Crippen LogP contribution in [-0.4, -0.2) is 31.4 Å². The molecule has 0 radical (unpaired) electrons. The van der Waals surface area contributed by atoms with E-state index in [0.29, 0.717) is 12.2 Å². The average Bonchev–Trinajstić information content (AvgIpc) is 3.30. The molecule has 2 aromatic carbocycles. The summed E-state index contributed by atoms with van der Waals surface area (Å²) in [5, 5.41) is -2.70. The van der Waals surface area contributed by atoms with E-state index in [0.717, 1.165) is 16.3 Å². The van der Waals surface area contributed by atoms with Gasteiger partial charge in [0, 0.05) is 0 Å². The lowest BCUT2D eigenvalue weighted by Gasteiger charge is -2.20. The zero-order chi connectivity index (χ0) is 16.7. The SMILES string of the molecule is O=S(=O)([O-])C(F)(F)COCc1ccc(C2CO2)c2ccccc12. The lowest BCUT2D eigenvalue weighted by Crippen LogP contribution is -2.33. The van der Waals surface area contributed by atoms with Crippen molar-refractivity contribution in [2.45, 2.75) is 18.0 Å². The maximum Gasteiger partial charge on any atom is 0.357 e. The van der Waals surface area contributed by atoms with Crippen LogP contribution in [0.5, 0.6) is 0 Å². The van der Waals surface area contributed by atoms with Gasteiger partial charge in [-0.3, -0.25) is 0 Å². The zero-order valence-corrected chi connectivity index (χ0v) is 12.7. The maximum atomic E-state index is 13.1. The summed E-state index contributed by atoms with van der Waals surface area (Å²) in [6.07, 6.45) is 0.0461. The Morgan fingerprint density at radius 3 is 2.48 bits per heavy atom. The number of hydrogen-bond acceptors (Lipinski definition) is 5. The van der Waals surface area contributed by atoms with Gasteiger partial charge in [-0.15, -0.1) is 0 Å². The average molecular weight is 343 g/mol. The van der Waals surface area contributed by atoms with Gasteiger partial charge >= 0.3 is 5.25 Å². The largest absolute Gasteiger partial charge is 0.743 e. The molecular weight excluding hydrogens is 330 g/mol. The number of hydrogen-bond donors (Lipinski definition) is 0. The minimum atomic E-state index is -5.73. The van der Waals surface area contributed by atoms with Crippen molar-refractivity contribution in [1.82, 2.24) is 0 Å². The highest BCUT2D eigenvalue weighted by Gasteiger charge is 2.37. The van der Waals surface area contributed by atoms with Crippen LogP contribution in [0.25, 0.3) is 10.8 Å². The summed E-state index contributed by atoms with van der Waals surface area (Å²) in [6.45, 7) is -1.05. The van der Waals surface area contributed by atoms with Crippen molar-refractivity contribution in [3.63, 3.8) is 0 Å². The van der Waals surface area contributed by atoms with E-state index in [2.05, 4.69) is 0 Å². The molecule has 8 heteroatoms. The minimum absolute atomic E-state index is 0.0461. The normalized spacial score (nSPS) is 18.3. The molecule has 124 valence electrons. The van der Waals surface area contributed by atoms with Gasteiger partial charge in [0.1, 0.15) is 12.7 Å². The Morgan fingerprint density at radius 2 is 1.87 bits per heavy atom. The summed E-state index contributed by atoms with van der Waals surface area (Å²) >= 11 is 0. The van der Waals surface area contributed by atoms with Gasteiger partial charge in [0.05, 0.1) is 13.2 Å². The van der Waals surface area contributed by atoms with E-state index in [1.54, 1.807) is 12.1 Å². The molecule has 1 atom stereocenters. The molecular formula is C15H13F2O5S-. The second-order valence-electron chi connectivity index (χ2n) is 5.27. The first-order valence-corrected chi connectivity index (χ1v) is 8.23. The first-order valence-electron chi connectivity index (χ1n) is 6.83. The van der Waals surface area contributed by atoms with Gasteiger partial charge in [0.2, 0.25) is 0 Å². The Balaban J connectivity index is 1.80. The van der Waals surface area contributed by atoms with Crippen molar-refractivity contribution in [3.05, 3.63) is 47.5 Å². The van der Waals surface area contributed by atoms with Crippen LogP contribution in [0.1, 0.15) is 17.2 Å². The van der Waals surface area contributed by atoms with E-state index >= 15 is 0 Å². The monoisotopic (exact) mass is 343 g/mol. The Labute approximate surface area is 131 Å². The van der Waals surface area contributed by atoms with Crippen molar-refractivity contribution in [2.24, 2.45) is 0 Å². The van der Waals surface area contributed by atoms with E-state index in [-0.39, 0.29) is 12.7 Å². The van der Waals surface area contributed by atoms with Gasteiger partial charge in [-0.2, -0.15) is 8.78 Å². The maximum absolute atomic E-state index is 13.1. The summed E-state index contributed by atoms with van der Waals surface area (Å²) in [6, 6.07) is 10.9. The zero-order valence-electron chi connectivity index (χ0n) is 11.9. The van der Waals surface area contributed by atoms with Crippen molar-refractivity contribution in [3.8, 4) is 0 Å². The van der Waals surface area contributed by atoms with Gasteiger partial charge in [-0.05, 0) is 21.9 Å². The molecule has 1 aliphatic heterocycles. The highest BCUT2D eigenvalue weighted by Crippen LogP contribution is 2.36. The quantitative estimate of drug-likeness (QED) is 0.595. The molecule has 2 aromatic rings. The van der Waals surface area contributed by atoms with Crippen molar-refractivity contribution < 1.29 is 31.2 Å². The second-order valence-corrected chi connectivity index (χ2v) is 6.77. The van der Waals surface area contributed by atoms with Gasteiger partial charge < -0.3 is 14.0 Å². The summed E-state index contributed by atoms with van der Waals surface area (Å²) < 4.78 is 67.5. The molecule has 0 spiro atoms. The van der Waals surface area contributed by atoms with E-state index in [1.165, 1.54) is 0 Å². The first kappa shape index (κ1) is 16.3. The predicted octanol–water partition coefficient (Wildman–Crippen LogP) is 2.57. The Kier molecular flexibility index (Phi) is 4.09. The molecule has 1 fully saturated rings. The van der Waals surface area contributed by atoms with Gasteiger partial charge in [-0.25, -0.2) is 8.42 Å². The third kappa shape index (κ3) is 3.35. The van der Waals surface area contributed by atoms with E-state index < -0.39 is 22.0 Å². The number of rotatable bonds is 6. The Bertz CT molecular complexity index is 831. The number of halogens is 2. The highest BCUT2D eigenvalue weighted by atomic mass is 32.2. The number of epoxide rings is 1. The van der Waals surface area contributed by atoms with Gasteiger partial charge in [0.15, 0.2) is 10.1 Å². The van der Waals surface area contributed by atoms with Crippen LogP contribution >= 0.6 is 0 Å².